The van der Waals surface area contributed by atoms with Gasteiger partial charge in [0.15, 0.2) is 5.69 Å². The number of methoxy groups -OCH3 is 1. The van der Waals surface area contributed by atoms with E-state index in [2.05, 4.69) is 16.6 Å². The summed E-state index contributed by atoms with van der Waals surface area (Å²) in [5.74, 6) is -0.00236. The fourth-order valence-electron chi connectivity index (χ4n) is 2.49. The normalized spacial score (nSPS) is 12.0. The molecular weight excluding hydrogens is 296 g/mol. The predicted octanol–water partition coefficient (Wildman–Crippen LogP) is 3.42. The average Bonchev–Trinajstić information content (AvgIpc) is 3.02. The van der Waals surface area contributed by atoms with Crippen LogP contribution in [-0.2, 0) is 16.1 Å². The molecule has 0 aliphatic heterocycles. The second-order valence-corrected chi connectivity index (χ2v) is 5.63. The number of hydrogen-bond donors (Lipinski definition) is 0. The minimum absolute atomic E-state index is 0.0385. The minimum Gasteiger partial charge on any atom is -0.464 e. The monoisotopic (exact) mass is 324 g/mol. The van der Waals surface area contributed by atoms with E-state index in [0.717, 1.165) is 32.1 Å². The maximum atomic E-state index is 12.7. The van der Waals surface area contributed by atoms with Gasteiger partial charge in [-0.3, -0.25) is 4.79 Å². The van der Waals surface area contributed by atoms with Crippen molar-refractivity contribution in [3.63, 3.8) is 0 Å². The average molecular weight is 324 g/mol. The van der Waals surface area contributed by atoms with E-state index >= 15 is 0 Å². The molecule has 0 saturated carbocycles. The molecule has 1 aromatic rings. The van der Waals surface area contributed by atoms with Crippen LogP contribution < -0.4 is 0 Å². The highest BCUT2D eigenvalue weighted by molar-refractivity contribution is 5.86. The molecule has 1 rings (SSSR count). The number of ether oxygens (including phenoxy) is 1. The van der Waals surface area contributed by atoms with Crippen LogP contribution in [0.5, 0.6) is 0 Å². The Kier molecular flexibility index (Phi) is 8.37. The van der Waals surface area contributed by atoms with Crippen molar-refractivity contribution in [3.05, 3.63) is 17.8 Å². The van der Waals surface area contributed by atoms with Crippen LogP contribution in [0.25, 0.3) is 0 Å². The number of carbonyl (C=O) groups excluding carboxylic acids is 2. The summed E-state index contributed by atoms with van der Waals surface area (Å²) in [5, 5.41) is 0. The fourth-order valence-corrected chi connectivity index (χ4v) is 2.49. The first-order chi connectivity index (χ1) is 11.1. The zero-order chi connectivity index (χ0) is 17.2. The third-order valence-electron chi connectivity index (χ3n) is 3.83. The van der Waals surface area contributed by atoms with Crippen LogP contribution >= 0.6 is 0 Å². The molecule has 6 nitrogen and oxygen atoms in total. The number of oxazole rings is 1. The zero-order valence-electron chi connectivity index (χ0n) is 14.6. The lowest BCUT2D eigenvalue weighted by molar-refractivity contribution is -0.137. The van der Waals surface area contributed by atoms with Gasteiger partial charge < -0.3 is 14.1 Å². The third-order valence-corrected chi connectivity index (χ3v) is 3.83. The Balaban J connectivity index is 2.78. The van der Waals surface area contributed by atoms with E-state index in [1.807, 2.05) is 13.8 Å². The number of nitrogens with zero attached hydrogens (tertiary/aromatic N) is 2. The van der Waals surface area contributed by atoms with E-state index in [4.69, 9.17) is 4.42 Å². The molecule has 130 valence electrons. The van der Waals surface area contributed by atoms with Gasteiger partial charge in [0.2, 0.25) is 11.8 Å². The highest BCUT2D eigenvalue weighted by Gasteiger charge is 2.24. The van der Waals surface area contributed by atoms with Crippen LogP contribution in [-0.4, -0.2) is 35.4 Å². The molecule has 0 saturated heterocycles. The summed E-state index contributed by atoms with van der Waals surface area (Å²) in [4.78, 5) is 30.0. The van der Waals surface area contributed by atoms with Crippen molar-refractivity contribution in [2.75, 3.05) is 13.7 Å². The van der Waals surface area contributed by atoms with Gasteiger partial charge in [0.05, 0.1) is 13.7 Å². The van der Waals surface area contributed by atoms with Crippen LogP contribution in [0.1, 0.15) is 69.3 Å². The number of amides is 1. The van der Waals surface area contributed by atoms with Gasteiger partial charge in [-0.1, -0.05) is 33.6 Å². The van der Waals surface area contributed by atoms with Crippen molar-refractivity contribution in [2.24, 2.45) is 5.92 Å². The zero-order valence-corrected chi connectivity index (χ0v) is 14.6. The molecule has 0 spiro atoms. The summed E-state index contributed by atoms with van der Waals surface area (Å²) >= 11 is 0. The summed E-state index contributed by atoms with van der Waals surface area (Å²) in [5.41, 5.74) is 0.129. The number of carbonyl (C=O) groups is 2. The Bertz CT molecular complexity index is 499. The number of aromatic nitrogens is 1. The van der Waals surface area contributed by atoms with E-state index in [1.54, 1.807) is 4.90 Å². The lowest BCUT2D eigenvalue weighted by atomic mass is 9.97. The molecule has 0 bridgehead atoms. The van der Waals surface area contributed by atoms with Gasteiger partial charge >= 0.3 is 5.97 Å². The molecule has 0 aliphatic carbocycles. The Hall–Kier alpha value is -1.85. The molecule has 0 N–H and O–H groups in total. The molecular formula is C17H28N2O4. The number of rotatable bonds is 10. The van der Waals surface area contributed by atoms with Gasteiger partial charge in [-0.15, -0.1) is 0 Å². The molecule has 23 heavy (non-hydrogen) atoms. The largest absolute Gasteiger partial charge is 0.464 e. The number of hydrogen-bond acceptors (Lipinski definition) is 5. The topological polar surface area (TPSA) is 72.6 Å². The highest BCUT2D eigenvalue weighted by atomic mass is 16.5. The van der Waals surface area contributed by atoms with Gasteiger partial charge in [0.1, 0.15) is 6.26 Å². The first kappa shape index (κ1) is 19.2. The minimum atomic E-state index is -0.539. The quantitative estimate of drug-likeness (QED) is 0.617. The van der Waals surface area contributed by atoms with Crippen molar-refractivity contribution in [3.8, 4) is 0 Å². The molecule has 0 aliphatic rings. The number of unbranched alkanes of at least 4 members (excludes halogenated alkanes) is 1. The second-order valence-electron chi connectivity index (χ2n) is 5.63. The Morgan fingerprint density at radius 2 is 2.04 bits per heavy atom. The molecule has 1 aromatic heterocycles. The third kappa shape index (κ3) is 5.69. The fraction of sp³-hybridized carbons (Fsp3) is 0.706. The van der Waals surface area contributed by atoms with Crippen LogP contribution in [0.15, 0.2) is 10.7 Å². The van der Waals surface area contributed by atoms with Crippen LogP contribution in [0.2, 0.25) is 0 Å². The van der Waals surface area contributed by atoms with E-state index < -0.39 is 5.97 Å². The van der Waals surface area contributed by atoms with Gasteiger partial charge in [0, 0.05) is 12.5 Å². The van der Waals surface area contributed by atoms with E-state index in [-0.39, 0.29) is 24.1 Å². The van der Waals surface area contributed by atoms with Gasteiger partial charge in [-0.25, -0.2) is 9.78 Å². The second kappa shape index (κ2) is 10.0. The summed E-state index contributed by atoms with van der Waals surface area (Å²) in [6, 6.07) is 0. The maximum absolute atomic E-state index is 12.7. The standard InChI is InChI=1S/C17H28N2O4/c1-5-8-9-13(7-3)16(20)19(10-6-2)11-15-18-14(12-23-15)17(21)22-4/h12-13H,5-11H2,1-4H3. The lowest BCUT2D eigenvalue weighted by Gasteiger charge is -2.25. The SMILES string of the molecule is CCCCC(CC)C(=O)N(CCC)Cc1nc(C(=O)OC)co1. The Morgan fingerprint density at radius 3 is 2.61 bits per heavy atom. The maximum Gasteiger partial charge on any atom is 0.360 e. The first-order valence-corrected chi connectivity index (χ1v) is 8.38. The molecule has 0 fully saturated rings. The first-order valence-electron chi connectivity index (χ1n) is 8.38. The van der Waals surface area contributed by atoms with Crippen LogP contribution in [0.3, 0.4) is 0 Å². The summed E-state index contributed by atoms with van der Waals surface area (Å²) in [6.07, 6.45) is 6.00. The molecule has 6 heteroatoms. The van der Waals surface area contributed by atoms with Crippen molar-refractivity contribution in [1.82, 2.24) is 9.88 Å². The lowest BCUT2D eigenvalue weighted by Crippen LogP contribution is -2.36. The molecule has 1 heterocycles. The summed E-state index contributed by atoms with van der Waals surface area (Å²) < 4.78 is 9.91. The molecule has 0 aromatic carbocycles. The van der Waals surface area contributed by atoms with E-state index in [1.165, 1.54) is 13.4 Å². The van der Waals surface area contributed by atoms with Crippen molar-refractivity contribution in [1.29, 1.82) is 0 Å². The molecule has 0 radical (unpaired) electrons. The van der Waals surface area contributed by atoms with Crippen molar-refractivity contribution in [2.45, 2.75) is 59.4 Å². The van der Waals surface area contributed by atoms with Crippen LogP contribution in [0, 0.1) is 5.92 Å². The van der Waals surface area contributed by atoms with Gasteiger partial charge in [0.25, 0.3) is 0 Å². The van der Waals surface area contributed by atoms with E-state index in [0.29, 0.717) is 12.4 Å². The van der Waals surface area contributed by atoms with Crippen LogP contribution in [0.4, 0.5) is 0 Å². The predicted molar refractivity (Wildman–Crippen MR) is 86.9 cm³/mol. The molecule has 1 amide bonds. The number of esters is 1. The van der Waals surface area contributed by atoms with Gasteiger partial charge in [-0.2, -0.15) is 0 Å². The highest BCUT2D eigenvalue weighted by Crippen LogP contribution is 2.18. The Labute approximate surface area is 138 Å². The van der Waals surface area contributed by atoms with Crippen molar-refractivity contribution < 1.29 is 18.7 Å². The molecule has 1 atom stereocenters. The smallest absolute Gasteiger partial charge is 0.360 e. The summed E-state index contributed by atoms with van der Waals surface area (Å²) in [7, 11) is 1.29. The summed E-state index contributed by atoms with van der Waals surface area (Å²) in [6.45, 7) is 7.14. The molecule has 1 unspecified atom stereocenters. The van der Waals surface area contributed by atoms with Crippen molar-refractivity contribution >= 4 is 11.9 Å². The van der Waals surface area contributed by atoms with Gasteiger partial charge in [-0.05, 0) is 19.3 Å². The van der Waals surface area contributed by atoms with E-state index in [9.17, 15) is 9.59 Å². The Morgan fingerprint density at radius 1 is 1.30 bits per heavy atom.